The van der Waals surface area contributed by atoms with Gasteiger partial charge in [0, 0.05) is 16.2 Å². The van der Waals surface area contributed by atoms with Crippen molar-refractivity contribution in [3.05, 3.63) is 113 Å². The Morgan fingerprint density at radius 1 is 0.914 bits per heavy atom. The first-order valence-electron chi connectivity index (χ1n) is 11.1. The highest BCUT2D eigenvalue weighted by Crippen LogP contribution is 2.42. The zero-order valence-corrected chi connectivity index (χ0v) is 20.2. The van der Waals surface area contributed by atoms with Crippen molar-refractivity contribution < 1.29 is 19.1 Å². The first-order chi connectivity index (χ1) is 17.0. The average Bonchev–Trinajstić information content (AvgIpc) is 2.91. The summed E-state index contributed by atoms with van der Waals surface area (Å²) in [5.41, 5.74) is 7.81. The smallest absolute Gasteiger partial charge is 0.356 e. The Labute approximate surface area is 211 Å². The van der Waals surface area contributed by atoms with Gasteiger partial charge in [-0.05, 0) is 35.0 Å². The molecule has 1 amide bonds. The van der Waals surface area contributed by atoms with Crippen LogP contribution >= 0.6 is 23.5 Å². The van der Waals surface area contributed by atoms with Crippen LogP contribution in [0.25, 0.3) is 0 Å². The fraction of sp³-hybridized carbons (Fsp3) is 0.148. The van der Waals surface area contributed by atoms with Gasteiger partial charge in [-0.3, -0.25) is 14.5 Å². The summed E-state index contributed by atoms with van der Waals surface area (Å²) in [6.45, 7) is 0. The Balaban J connectivity index is 1.51. The summed E-state index contributed by atoms with van der Waals surface area (Å²) >= 11 is 2.41. The number of β-lactam (4-membered cyclic amide) rings is 1. The highest BCUT2D eigenvalue weighted by Gasteiger charge is 2.53. The van der Waals surface area contributed by atoms with E-state index in [1.807, 2.05) is 91.0 Å². The monoisotopic (exact) mass is 502 g/mol. The summed E-state index contributed by atoms with van der Waals surface area (Å²) < 4.78 is 6.03. The van der Waals surface area contributed by atoms with Crippen LogP contribution in [-0.2, 0) is 19.1 Å². The van der Waals surface area contributed by atoms with Crippen molar-refractivity contribution in [3.8, 4) is 0 Å². The number of ether oxygens (including phenoxy) is 1. The molecule has 0 radical (unpaired) electrons. The van der Waals surface area contributed by atoms with E-state index >= 15 is 0 Å². The molecule has 6 nitrogen and oxygen atoms in total. The van der Waals surface area contributed by atoms with E-state index in [0.717, 1.165) is 27.8 Å². The second kappa shape index (κ2) is 10.1. The van der Waals surface area contributed by atoms with Gasteiger partial charge in [0.05, 0.1) is 0 Å². The number of amides is 1. The maximum atomic E-state index is 13.7. The van der Waals surface area contributed by atoms with E-state index in [2.05, 4.69) is 0 Å². The highest BCUT2D eigenvalue weighted by atomic mass is 32.2. The predicted octanol–water partition coefficient (Wildman–Crippen LogP) is 4.13. The zero-order chi connectivity index (χ0) is 24.4. The number of rotatable bonds is 6. The van der Waals surface area contributed by atoms with Crippen molar-refractivity contribution in [2.45, 2.75) is 22.4 Å². The molecular weight excluding hydrogens is 480 g/mol. The lowest BCUT2D eigenvalue weighted by Gasteiger charge is -2.48. The second-order valence-electron chi connectivity index (χ2n) is 8.07. The number of carbonyl (C=O) groups excluding carboxylic acids is 3. The fourth-order valence-corrected chi connectivity index (χ4v) is 6.24. The van der Waals surface area contributed by atoms with E-state index in [0.29, 0.717) is 0 Å². The van der Waals surface area contributed by atoms with Crippen molar-refractivity contribution in [3.63, 3.8) is 0 Å². The molecule has 0 saturated carbocycles. The third kappa shape index (κ3) is 4.65. The number of hydrogen-bond donors (Lipinski definition) is 1. The molecule has 176 valence electrons. The number of thioether (sulfide) groups is 2. The van der Waals surface area contributed by atoms with Crippen LogP contribution in [0.3, 0.4) is 0 Å². The molecule has 5 rings (SSSR count). The molecule has 3 aromatic carbocycles. The minimum absolute atomic E-state index is 0.00857. The molecular formula is C27H22N2O4S2. The third-order valence-corrected chi connectivity index (χ3v) is 8.07. The molecule has 1 fully saturated rings. The Kier molecular flexibility index (Phi) is 6.77. The normalized spacial score (nSPS) is 19.3. The summed E-state index contributed by atoms with van der Waals surface area (Å²) in [7, 11) is 0. The molecule has 1 saturated heterocycles. The Morgan fingerprint density at radius 2 is 1.46 bits per heavy atom. The van der Waals surface area contributed by atoms with E-state index in [9.17, 15) is 14.4 Å². The topological polar surface area (TPSA) is 89.7 Å². The minimum Gasteiger partial charge on any atom is -0.448 e. The Bertz CT molecular complexity index is 1240. The zero-order valence-electron chi connectivity index (χ0n) is 18.6. The average molecular weight is 503 g/mol. The number of hydrogen-bond acceptors (Lipinski definition) is 7. The van der Waals surface area contributed by atoms with Crippen LogP contribution in [0.4, 0.5) is 0 Å². The molecule has 0 aromatic heterocycles. The number of esters is 1. The highest BCUT2D eigenvalue weighted by molar-refractivity contribution is 8.14. The van der Waals surface area contributed by atoms with Crippen LogP contribution in [0.2, 0.25) is 0 Å². The van der Waals surface area contributed by atoms with Gasteiger partial charge in [-0.2, -0.15) is 0 Å². The Morgan fingerprint density at radius 3 is 2.03 bits per heavy atom. The molecule has 3 aromatic rings. The van der Waals surface area contributed by atoms with Crippen LogP contribution in [0.1, 0.15) is 17.2 Å². The fourth-order valence-electron chi connectivity index (χ4n) is 4.07. The molecule has 0 spiro atoms. The molecule has 0 bridgehead atoms. The van der Waals surface area contributed by atoms with Gasteiger partial charge in [-0.25, -0.2) is 4.79 Å². The maximum absolute atomic E-state index is 13.7. The van der Waals surface area contributed by atoms with E-state index < -0.39 is 23.5 Å². The largest absolute Gasteiger partial charge is 0.448 e. The van der Waals surface area contributed by atoms with Gasteiger partial charge in [0.25, 0.3) is 0 Å². The van der Waals surface area contributed by atoms with Crippen LogP contribution in [-0.4, -0.2) is 39.1 Å². The molecule has 2 heterocycles. The van der Waals surface area contributed by atoms with Crippen LogP contribution in [0.15, 0.2) is 107 Å². The van der Waals surface area contributed by atoms with Gasteiger partial charge in [-0.1, -0.05) is 78.9 Å². The molecule has 0 aliphatic carbocycles. The summed E-state index contributed by atoms with van der Waals surface area (Å²) in [6, 6.07) is 27.2. The molecule has 2 atom stereocenters. The lowest BCUT2D eigenvalue weighted by atomic mass is 10.0. The maximum Gasteiger partial charge on any atom is 0.356 e. The van der Waals surface area contributed by atoms with Crippen molar-refractivity contribution >= 4 is 40.5 Å². The van der Waals surface area contributed by atoms with Gasteiger partial charge in [0.1, 0.15) is 17.1 Å². The first kappa shape index (κ1) is 23.4. The van der Waals surface area contributed by atoms with E-state index in [1.165, 1.54) is 16.7 Å². The van der Waals surface area contributed by atoms with Crippen molar-refractivity contribution in [1.29, 1.82) is 0 Å². The van der Waals surface area contributed by atoms with Crippen LogP contribution in [0, 0.1) is 0 Å². The number of carbonyl (C=O) groups is 3. The lowest BCUT2D eigenvalue weighted by molar-refractivity contribution is -0.153. The van der Waals surface area contributed by atoms with E-state index in [-0.39, 0.29) is 28.0 Å². The number of nitrogens with zero attached hydrogens (tertiary/aromatic N) is 1. The molecule has 1 unspecified atom stereocenters. The molecule has 35 heavy (non-hydrogen) atoms. The number of benzene rings is 3. The first-order valence-corrected chi connectivity index (χ1v) is 12.9. The summed E-state index contributed by atoms with van der Waals surface area (Å²) in [6.07, 6.45) is -0.700. The van der Waals surface area contributed by atoms with Gasteiger partial charge in [0.15, 0.2) is 6.10 Å². The second-order valence-corrected chi connectivity index (χ2v) is 10.2. The summed E-state index contributed by atoms with van der Waals surface area (Å²) in [4.78, 5) is 41.7. The minimum atomic E-state index is -0.717. The molecule has 2 aliphatic rings. The Hall–Kier alpha value is -3.33. The van der Waals surface area contributed by atoms with Crippen LogP contribution in [0.5, 0.6) is 0 Å². The van der Waals surface area contributed by atoms with Gasteiger partial charge in [-0.15, -0.1) is 11.8 Å². The summed E-state index contributed by atoms with van der Waals surface area (Å²) in [5.74, 6) is -0.836. The quantitative estimate of drug-likeness (QED) is 0.308. The lowest BCUT2D eigenvalue weighted by Crippen LogP contribution is -2.68. The van der Waals surface area contributed by atoms with Crippen molar-refractivity contribution in [2.75, 3.05) is 5.75 Å². The van der Waals surface area contributed by atoms with Crippen LogP contribution < -0.4 is 5.73 Å². The van der Waals surface area contributed by atoms with Crippen molar-refractivity contribution in [2.24, 2.45) is 5.73 Å². The number of fused-ring (bicyclic) bond motifs is 1. The van der Waals surface area contributed by atoms with Gasteiger partial charge >= 0.3 is 5.97 Å². The summed E-state index contributed by atoms with van der Waals surface area (Å²) in [5, 5.41) is -0.687. The van der Waals surface area contributed by atoms with E-state index in [1.54, 1.807) is 0 Å². The molecule has 2 aliphatic heterocycles. The number of nitrogens with two attached hydrogens (primary N) is 1. The standard InChI is InChI=1S/C27H22N2O4S2/c28-21-24(30)29-22(20(16-34-25(21)29)27(32)35-19-14-8-3-9-15-19)26(31)33-23(17-10-4-1-5-11-17)18-12-6-2-7-13-18/h1-15,21,23,25H,16,28H2/t21?,25-/m0/s1. The van der Waals surface area contributed by atoms with Crippen molar-refractivity contribution in [1.82, 2.24) is 4.90 Å². The molecule has 8 heteroatoms. The SMILES string of the molecule is NC1C(=O)N2C(C(=O)OC(c3ccccc3)c3ccccc3)=C(C(=O)Sc3ccccc3)CS[C@@H]12. The molecule has 2 N–H and O–H groups in total. The third-order valence-electron chi connectivity index (χ3n) is 5.83. The van der Waals surface area contributed by atoms with Gasteiger partial charge < -0.3 is 10.5 Å². The predicted molar refractivity (Wildman–Crippen MR) is 136 cm³/mol. The van der Waals surface area contributed by atoms with E-state index in [4.69, 9.17) is 10.5 Å². The van der Waals surface area contributed by atoms with Gasteiger partial charge in [0.2, 0.25) is 11.0 Å².